The van der Waals surface area contributed by atoms with E-state index in [-0.39, 0.29) is 6.42 Å². The van der Waals surface area contributed by atoms with E-state index in [9.17, 15) is 40.2 Å². The van der Waals surface area contributed by atoms with E-state index >= 15 is 0 Å². The van der Waals surface area contributed by atoms with Crippen LogP contribution < -0.4 is 0 Å². The molecule has 0 saturated carbocycles. The Morgan fingerprint density at radius 1 is 0.689 bits per heavy atom. The van der Waals surface area contributed by atoms with Gasteiger partial charge in [0, 0.05) is 13.3 Å². The van der Waals surface area contributed by atoms with Crippen LogP contribution >= 0.6 is 0 Å². The molecule has 2 aliphatic rings. The lowest BCUT2D eigenvalue weighted by Gasteiger charge is -2.44. The van der Waals surface area contributed by atoms with Crippen molar-refractivity contribution in [3.05, 3.63) is 0 Å². The summed E-state index contributed by atoms with van der Waals surface area (Å²) in [5.74, 6) is -3.82. The van der Waals surface area contributed by atoms with Gasteiger partial charge in [-0.3, -0.25) is 9.59 Å². The van der Waals surface area contributed by atoms with Gasteiger partial charge in [0.1, 0.15) is 37.1 Å². The van der Waals surface area contributed by atoms with Crippen LogP contribution in [0.3, 0.4) is 0 Å². The first-order valence-electron chi connectivity index (χ1n) is 16.9. The lowest BCUT2D eigenvalue weighted by molar-refractivity contribution is -0.384. The SMILES string of the molecule is CCCCCCCCCCCCCCCCCC(=O)O[C@H]1[C@@H](O[C@]2(CO)O[C@H](CO)[C@@H](O)[C@@H]2OC(C)=O)O[C@H](CO)[C@@H](O)[C@@H]1O. The van der Waals surface area contributed by atoms with Crippen LogP contribution in [-0.4, -0.2) is 117 Å². The van der Waals surface area contributed by atoms with Gasteiger partial charge >= 0.3 is 11.9 Å². The van der Waals surface area contributed by atoms with Gasteiger partial charge in [-0.1, -0.05) is 96.8 Å². The molecule has 13 heteroatoms. The van der Waals surface area contributed by atoms with Crippen molar-refractivity contribution < 1.29 is 63.9 Å². The van der Waals surface area contributed by atoms with Crippen LogP contribution in [-0.2, 0) is 33.3 Å². The molecule has 0 bridgehead atoms. The quantitative estimate of drug-likeness (QED) is 0.0693. The number of unbranched alkanes of at least 4 members (excludes halogenated alkanes) is 14. The van der Waals surface area contributed by atoms with E-state index in [2.05, 4.69) is 6.92 Å². The maximum Gasteiger partial charge on any atom is 0.306 e. The second kappa shape index (κ2) is 21.5. The molecular weight excluding hydrogens is 592 g/mol. The number of rotatable bonds is 23. The summed E-state index contributed by atoms with van der Waals surface area (Å²) >= 11 is 0. The van der Waals surface area contributed by atoms with Crippen molar-refractivity contribution in [1.29, 1.82) is 0 Å². The van der Waals surface area contributed by atoms with Crippen molar-refractivity contribution in [2.75, 3.05) is 19.8 Å². The van der Waals surface area contributed by atoms with Crippen molar-refractivity contribution >= 4 is 11.9 Å². The maximum absolute atomic E-state index is 12.7. The predicted octanol–water partition coefficient (Wildman–Crippen LogP) is 1.99. The lowest BCUT2D eigenvalue weighted by atomic mass is 9.98. The average Bonchev–Trinajstić information content (AvgIpc) is 3.28. The van der Waals surface area contributed by atoms with Gasteiger partial charge in [0.25, 0.3) is 0 Å². The fraction of sp³-hybridized carbons (Fsp3) is 0.938. The minimum atomic E-state index is -2.29. The zero-order valence-corrected chi connectivity index (χ0v) is 27.1. The van der Waals surface area contributed by atoms with Crippen LogP contribution in [0.15, 0.2) is 0 Å². The van der Waals surface area contributed by atoms with Gasteiger partial charge in [-0.25, -0.2) is 0 Å². The van der Waals surface area contributed by atoms with Gasteiger partial charge in [0.2, 0.25) is 12.1 Å². The zero-order chi connectivity index (χ0) is 33.2. The zero-order valence-electron chi connectivity index (χ0n) is 27.1. The number of carbonyl (C=O) groups is 2. The number of carbonyl (C=O) groups excluding carboxylic acids is 2. The molecule has 0 aromatic rings. The highest BCUT2D eigenvalue weighted by molar-refractivity contribution is 5.69. The molecule has 2 rings (SSSR count). The molecule has 0 aromatic heterocycles. The van der Waals surface area contributed by atoms with Crippen molar-refractivity contribution in [1.82, 2.24) is 0 Å². The molecule has 2 saturated heterocycles. The Morgan fingerprint density at radius 2 is 1.20 bits per heavy atom. The van der Waals surface area contributed by atoms with Gasteiger partial charge in [-0.2, -0.15) is 0 Å². The normalized spacial score (nSPS) is 31.6. The molecule has 6 N–H and O–H groups in total. The van der Waals surface area contributed by atoms with Crippen molar-refractivity contribution in [2.24, 2.45) is 0 Å². The first kappa shape index (κ1) is 39.8. The standard InChI is InChI=1S/C32H58O13/c1-3-4-5-6-7-8-9-10-11-12-13-14-15-16-17-18-25(37)43-29-28(40)26(38)23(19-33)42-31(29)45-32(21-35)30(41-22(2)36)27(39)24(20-34)44-32/h23-24,26-31,33-35,38-40H,3-21H2,1-2H3/t23-,24-,26-,27-,28+,29-,30+,31-,32+/m1/s1. The third-order valence-electron chi connectivity index (χ3n) is 8.56. The van der Waals surface area contributed by atoms with E-state index in [1.807, 2.05) is 0 Å². The minimum absolute atomic E-state index is 0.0384. The first-order valence-corrected chi connectivity index (χ1v) is 16.9. The van der Waals surface area contributed by atoms with Crippen LogP contribution in [0.5, 0.6) is 0 Å². The Bertz CT molecular complexity index is 829. The molecule has 0 amide bonds. The van der Waals surface area contributed by atoms with E-state index < -0.39 is 86.6 Å². The number of aliphatic hydroxyl groups is 6. The Balaban J connectivity index is 1.83. The van der Waals surface area contributed by atoms with Gasteiger partial charge in [-0.15, -0.1) is 0 Å². The number of esters is 2. The Morgan fingerprint density at radius 3 is 1.67 bits per heavy atom. The van der Waals surface area contributed by atoms with E-state index in [0.29, 0.717) is 6.42 Å². The molecule has 13 nitrogen and oxygen atoms in total. The van der Waals surface area contributed by atoms with E-state index in [4.69, 9.17) is 23.7 Å². The Labute approximate surface area is 267 Å². The third-order valence-corrected chi connectivity index (χ3v) is 8.56. The minimum Gasteiger partial charge on any atom is -0.454 e. The molecule has 0 spiro atoms. The number of hydrogen-bond donors (Lipinski definition) is 6. The van der Waals surface area contributed by atoms with Crippen molar-refractivity contribution in [3.63, 3.8) is 0 Å². The highest BCUT2D eigenvalue weighted by Gasteiger charge is 2.61. The molecule has 9 atom stereocenters. The highest BCUT2D eigenvalue weighted by atomic mass is 16.8. The third kappa shape index (κ3) is 12.6. The summed E-state index contributed by atoms with van der Waals surface area (Å²) in [5, 5.41) is 61.2. The second-order valence-corrected chi connectivity index (χ2v) is 12.3. The molecule has 0 radical (unpaired) electrons. The largest absolute Gasteiger partial charge is 0.454 e. The number of ether oxygens (including phenoxy) is 5. The van der Waals surface area contributed by atoms with Gasteiger partial charge in [0.15, 0.2) is 12.2 Å². The van der Waals surface area contributed by atoms with Crippen molar-refractivity contribution in [2.45, 2.75) is 171 Å². The summed E-state index contributed by atoms with van der Waals surface area (Å²) in [6.07, 6.45) is 5.02. The van der Waals surface area contributed by atoms with E-state index in [1.165, 1.54) is 64.2 Å². The van der Waals surface area contributed by atoms with Crippen molar-refractivity contribution in [3.8, 4) is 0 Å². The summed E-state index contributed by atoms with van der Waals surface area (Å²) in [7, 11) is 0. The van der Waals surface area contributed by atoms with Gasteiger partial charge in [0.05, 0.1) is 13.2 Å². The highest BCUT2D eigenvalue weighted by Crippen LogP contribution is 2.38. The Kier molecular flexibility index (Phi) is 19.0. The topological polar surface area (TPSA) is 202 Å². The molecule has 45 heavy (non-hydrogen) atoms. The molecular formula is C32H58O13. The molecule has 2 fully saturated rings. The van der Waals surface area contributed by atoms with Gasteiger partial charge < -0.3 is 54.3 Å². The lowest BCUT2D eigenvalue weighted by Crippen LogP contribution is -2.64. The molecule has 2 aliphatic heterocycles. The summed E-state index contributed by atoms with van der Waals surface area (Å²) in [4.78, 5) is 24.5. The van der Waals surface area contributed by atoms with Crippen LogP contribution in [0.2, 0.25) is 0 Å². The molecule has 0 aliphatic carbocycles. The molecule has 0 unspecified atom stereocenters. The maximum atomic E-state index is 12.7. The summed E-state index contributed by atoms with van der Waals surface area (Å²) in [6.45, 7) is 0.842. The summed E-state index contributed by atoms with van der Waals surface area (Å²) in [6, 6.07) is 0. The summed E-state index contributed by atoms with van der Waals surface area (Å²) < 4.78 is 27.5. The van der Waals surface area contributed by atoms with Crippen LogP contribution in [0.4, 0.5) is 0 Å². The molecule has 2 heterocycles. The molecule has 0 aromatic carbocycles. The number of aliphatic hydroxyl groups excluding tert-OH is 6. The second-order valence-electron chi connectivity index (χ2n) is 12.3. The monoisotopic (exact) mass is 650 g/mol. The molecule has 264 valence electrons. The van der Waals surface area contributed by atoms with Crippen LogP contribution in [0.1, 0.15) is 117 Å². The number of hydrogen-bond acceptors (Lipinski definition) is 13. The first-order chi connectivity index (χ1) is 21.6. The fourth-order valence-electron chi connectivity index (χ4n) is 5.92. The predicted molar refractivity (Wildman–Crippen MR) is 162 cm³/mol. The van der Waals surface area contributed by atoms with E-state index in [0.717, 1.165) is 32.6 Å². The summed E-state index contributed by atoms with van der Waals surface area (Å²) in [5.41, 5.74) is 0. The Hall–Kier alpha value is -1.42. The van der Waals surface area contributed by atoms with Crippen LogP contribution in [0, 0.1) is 0 Å². The van der Waals surface area contributed by atoms with Crippen LogP contribution in [0.25, 0.3) is 0 Å². The van der Waals surface area contributed by atoms with E-state index in [1.54, 1.807) is 0 Å². The smallest absolute Gasteiger partial charge is 0.306 e. The fourth-order valence-corrected chi connectivity index (χ4v) is 5.92. The van der Waals surface area contributed by atoms with Gasteiger partial charge in [-0.05, 0) is 6.42 Å². The average molecular weight is 651 g/mol.